The van der Waals surface area contributed by atoms with Gasteiger partial charge in [0.2, 0.25) is 0 Å². The summed E-state index contributed by atoms with van der Waals surface area (Å²) in [5.41, 5.74) is 3.21. The highest BCUT2D eigenvalue weighted by Crippen LogP contribution is 2.38. The molecule has 1 atom stereocenters. The molecule has 102 valence electrons. The van der Waals surface area contributed by atoms with Crippen LogP contribution < -0.4 is 5.32 Å². The highest BCUT2D eigenvalue weighted by atomic mass is 35.5. The number of nitrogens with one attached hydrogen (secondary N) is 1. The van der Waals surface area contributed by atoms with Crippen LogP contribution in [0.2, 0.25) is 13.7 Å². The van der Waals surface area contributed by atoms with E-state index in [1.807, 2.05) is 25.1 Å². The molecule has 19 heavy (non-hydrogen) atoms. The van der Waals surface area contributed by atoms with E-state index in [9.17, 15) is 0 Å². The van der Waals surface area contributed by atoms with Crippen molar-refractivity contribution in [1.29, 1.82) is 0 Å². The van der Waals surface area contributed by atoms with E-state index in [0.717, 1.165) is 32.6 Å². The first kappa shape index (κ1) is 15.1. The summed E-state index contributed by atoms with van der Waals surface area (Å²) in [5, 5.41) is 4.21. The molecular formula is C14H14Cl3NS. The number of halogens is 3. The molecule has 0 saturated heterocycles. The Morgan fingerprint density at radius 2 is 1.95 bits per heavy atom. The van der Waals surface area contributed by atoms with Crippen LogP contribution in [-0.4, -0.2) is 6.54 Å². The Morgan fingerprint density at radius 1 is 1.21 bits per heavy atom. The molecular weight excluding hydrogens is 321 g/mol. The number of thiophene rings is 1. The molecule has 5 heteroatoms. The Kier molecular flexibility index (Phi) is 5.15. The molecule has 1 aromatic carbocycles. The zero-order valence-electron chi connectivity index (χ0n) is 10.6. The van der Waals surface area contributed by atoms with Crippen molar-refractivity contribution < 1.29 is 0 Å². The van der Waals surface area contributed by atoms with Gasteiger partial charge in [-0.15, -0.1) is 11.3 Å². The quantitative estimate of drug-likeness (QED) is 0.754. The van der Waals surface area contributed by atoms with Crippen molar-refractivity contribution in [1.82, 2.24) is 5.32 Å². The van der Waals surface area contributed by atoms with Crippen LogP contribution >= 0.6 is 46.1 Å². The summed E-state index contributed by atoms with van der Waals surface area (Å²) < 4.78 is 1.43. The van der Waals surface area contributed by atoms with Crippen LogP contribution in [0.25, 0.3) is 0 Å². The van der Waals surface area contributed by atoms with Gasteiger partial charge in [-0.05, 0) is 36.7 Å². The summed E-state index contributed by atoms with van der Waals surface area (Å²) in [5.74, 6) is 0. The fourth-order valence-electron chi connectivity index (χ4n) is 2.01. The van der Waals surface area contributed by atoms with Crippen LogP contribution in [0.3, 0.4) is 0 Å². The first-order valence-corrected chi connectivity index (χ1v) is 7.92. The van der Waals surface area contributed by atoms with Crippen molar-refractivity contribution in [2.75, 3.05) is 6.54 Å². The minimum Gasteiger partial charge on any atom is -0.306 e. The second-order valence-electron chi connectivity index (χ2n) is 4.28. The van der Waals surface area contributed by atoms with Gasteiger partial charge in [0.15, 0.2) is 0 Å². The number of rotatable bonds is 4. The number of benzene rings is 1. The molecule has 2 aromatic rings. The van der Waals surface area contributed by atoms with Crippen LogP contribution in [0.1, 0.15) is 29.7 Å². The molecule has 0 fully saturated rings. The first-order valence-electron chi connectivity index (χ1n) is 5.97. The fraction of sp³-hybridized carbons (Fsp3) is 0.286. The van der Waals surface area contributed by atoms with Gasteiger partial charge in [0.25, 0.3) is 0 Å². The lowest BCUT2D eigenvalue weighted by Crippen LogP contribution is -2.21. The Hall–Kier alpha value is -0.250. The molecule has 1 heterocycles. The van der Waals surface area contributed by atoms with Crippen molar-refractivity contribution in [3.8, 4) is 0 Å². The van der Waals surface area contributed by atoms with Crippen molar-refractivity contribution >= 4 is 46.1 Å². The van der Waals surface area contributed by atoms with E-state index in [1.54, 1.807) is 0 Å². The Bertz CT molecular complexity index is 580. The minimum atomic E-state index is 0.0391. The molecule has 0 bridgehead atoms. The zero-order chi connectivity index (χ0) is 14.0. The maximum Gasteiger partial charge on any atom is 0.0995 e. The van der Waals surface area contributed by atoms with Gasteiger partial charge in [-0.2, -0.15) is 0 Å². The molecule has 0 aliphatic carbocycles. The molecule has 1 unspecified atom stereocenters. The summed E-state index contributed by atoms with van der Waals surface area (Å²) >= 11 is 19.8. The monoisotopic (exact) mass is 333 g/mol. The molecule has 0 saturated carbocycles. The third-order valence-electron chi connectivity index (χ3n) is 2.92. The lowest BCUT2D eigenvalue weighted by atomic mass is 9.99. The van der Waals surface area contributed by atoms with E-state index >= 15 is 0 Å². The maximum absolute atomic E-state index is 6.26. The molecule has 0 aliphatic heterocycles. The summed E-state index contributed by atoms with van der Waals surface area (Å²) in [4.78, 5) is 0. The van der Waals surface area contributed by atoms with Gasteiger partial charge < -0.3 is 5.32 Å². The molecule has 0 radical (unpaired) electrons. The van der Waals surface area contributed by atoms with Crippen LogP contribution in [0.15, 0.2) is 24.3 Å². The van der Waals surface area contributed by atoms with Gasteiger partial charge in [0, 0.05) is 10.6 Å². The van der Waals surface area contributed by atoms with Gasteiger partial charge in [-0.1, -0.05) is 53.9 Å². The highest BCUT2D eigenvalue weighted by Gasteiger charge is 2.19. The molecule has 0 amide bonds. The maximum atomic E-state index is 6.26. The Labute approximate surface area is 132 Å². The molecule has 1 nitrogen and oxygen atoms in total. The van der Waals surface area contributed by atoms with E-state index in [2.05, 4.69) is 18.3 Å². The lowest BCUT2D eigenvalue weighted by molar-refractivity contribution is 0.632. The zero-order valence-corrected chi connectivity index (χ0v) is 13.7. The largest absolute Gasteiger partial charge is 0.306 e. The van der Waals surface area contributed by atoms with Crippen molar-refractivity contribution in [3.05, 3.63) is 54.7 Å². The average molecular weight is 335 g/mol. The molecule has 1 N–H and O–H groups in total. The SMILES string of the molecule is CCNC(c1ccc(Cl)c(C)c1)c1cc(Cl)sc1Cl. The van der Waals surface area contributed by atoms with E-state index in [4.69, 9.17) is 34.8 Å². The van der Waals surface area contributed by atoms with Crippen LogP contribution in [-0.2, 0) is 0 Å². The molecule has 0 aliphatic rings. The topological polar surface area (TPSA) is 12.0 Å². The second-order valence-corrected chi connectivity index (χ2v) is 6.97. The van der Waals surface area contributed by atoms with Crippen molar-refractivity contribution in [3.63, 3.8) is 0 Å². The minimum absolute atomic E-state index is 0.0391. The van der Waals surface area contributed by atoms with Gasteiger partial charge in [-0.25, -0.2) is 0 Å². The Morgan fingerprint density at radius 3 is 2.47 bits per heavy atom. The first-order chi connectivity index (χ1) is 9.02. The predicted octanol–water partition coefficient (Wildman–Crippen LogP) is 5.72. The summed E-state index contributed by atoms with van der Waals surface area (Å²) in [6.07, 6.45) is 0. The van der Waals surface area contributed by atoms with E-state index in [0.29, 0.717) is 4.34 Å². The average Bonchev–Trinajstić information content (AvgIpc) is 2.69. The van der Waals surface area contributed by atoms with Gasteiger partial charge >= 0.3 is 0 Å². The van der Waals surface area contributed by atoms with Crippen LogP contribution in [0.5, 0.6) is 0 Å². The number of hydrogen-bond donors (Lipinski definition) is 1. The van der Waals surface area contributed by atoms with Crippen molar-refractivity contribution in [2.45, 2.75) is 19.9 Å². The third kappa shape index (κ3) is 3.45. The van der Waals surface area contributed by atoms with Crippen LogP contribution in [0.4, 0.5) is 0 Å². The number of aryl methyl sites for hydroxylation is 1. The van der Waals surface area contributed by atoms with Gasteiger partial charge in [-0.3, -0.25) is 0 Å². The predicted molar refractivity (Wildman–Crippen MR) is 86.0 cm³/mol. The standard InChI is InChI=1S/C14H14Cl3NS/c1-3-18-13(10-7-12(16)19-14(10)17)9-4-5-11(15)8(2)6-9/h4-7,13,18H,3H2,1-2H3. The fourth-order valence-corrected chi connectivity index (χ4v) is 3.66. The summed E-state index contributed by atoms with van der Waals surface area (Å²) in [6, 6.07) is 7.98. The second kappa shape index (κ2) is 6.47. The van der Waals surface area contributed by atoms with E-state index < -0.39 is 0 Å². The lowest BCUT2D eigenvalue weighted by Gasteiger charge is -2.19. The molecule has 0 spiro atoms. The molecule has 2 rings (SSSR count). The summed E-state index contributed by atoms with van der Waals surface area (Å²) in [7, 11) is 0. The Balaban J connectivity index is 2.44. The van der Waals surface area contributed by atoms with Crippen LogP contribution in [0, 0.1) is 6.92 Å². The normalized spacial score (nSPS) is 12.7. The van der Waals surface area contributed by atoms with Crippen molar-refractivity contribution in [2.24, 2.45) is 0 Å². The van der Waals surface area contributed by atoms with E-state index in [-0.39, 0.29) is 6.04 Å². The summed E-state index contributed by atoms with van der Waals surface area (Å²) in [6.45, 7) is 4.91. The van der Waals surface area contributed by atoms with Gasteiger partial charge in [0.05, 0.1) is 14.7 Å². The smallest absolute Gasteiger partial charge is 0.0995 e. The third-order valence-corrected chi connectivity index (χ3v) is 4.86. The van der Waals surface area contributed by atoms with E-state index in [1.165, 1.54) is 11.3 Å². The van der Waals surface area contributed by atoms with Gasteiger partial charge in [0.1, 0.15) is 0 Å². The number of hydrogen-bond acceptors (Lipinski definition) is 2. The molecule has 1 aromatic heterocycles. The highest BCUT2D eigenvalue weighted by molar-refractivity contribution is 7.20.